The van der Waals surface area contributed by atoms with Gasteiger partial charge in [-0.05, 0) is 35.7 Å². The summed E-state index contributed by atoms with van der Waals surface area (Å²) in [6, 6.07) is 21.1. The van der Waals surface area contributed by atoms with Crippen molar-refractivity contribution in [3.63, 3.8) is 0 Å². The molecule has 1 aliphatic rings. The van der Waals surface area contributed by atoms with Crippen LogP contribution in [0.3, 0.4) is 0 Å². The number of alkyl halides is 3. The molecule has 1 unspecified atom stereocenters. The third kappa shape index (κ3) is 4.81. The summed E-state index contributed by atoms with van der Waals surface area (Å²) in [7, 11) is 0. The van der Waals surface area contributed by atoms with Crippen molar-refractivity contribution in [2.75, 3.05) is 12.3 Å². The van der Waals surface area contributed by atoms with Crippen molar-refractivity contribution in [2.24, 2.45) is 0 Å². The van der Waals surface area contributed by atoms with Gasteiger partial charge in [-0.2, -0.15) is 13.2 Å². The minimum Gasteiger partial charge on any atom is -0.369 e. The second-order valence-corrected chi connectivity index (χ2v) is 9.43. The lowest BCUT2D eigenvalue weighted by Crippen LogP contribution is -2.41. The number of benzene rings is 3. The minimum absolute atomic E-state index is 0.109. The maximum absolute atomic E-state index is 14.3. The molecule has 0 radical (unpaired) electrons. The van der Waals surface area contributed by atoms with Crippen molar-refractivity contribution in [1.29, 1.82) is 0 Å². The topological polar surface area (TPSA) is 64.2 Å². The average Bonchev–Trinajstić information content (AvgIpc) is 2.90. The Balaban J connectivity index is 1.53. The minimum atomic E-state index is -4.76. The molecule has 1 atom stereocenters. The molecule has 5 rings (SSSR count). The number of nitrogens with two attached hydrogens (primary N) is 1. The van der Waals surface area contributed by atoms with E-state index in [4.69, 9.17) is 5.73 Å². The van der Waals surface area contributed by atoms with E-state index >= 15 is 0 Å². The van der Waals surface area contributed by atoms with Crippen LogP contribution in [-0.4, -0.2) is 21.0 Å². The fraction of sp³-hybridized carbons (Fsp3) is 0.241. The van der Waals surface area contributed by atoms with E-state index in [9.17, 15) is 22.4 Å². The van der Waals surface area contributed by atoms with Crippen LogP contribution in [0.2, 0.25) is 0 Å². The van der Waals surface area contributed by atoms with Crippen LogP contribution in [0.1, 0.15) is 52.5 Å². The van der Waals surface area contributed by atoms with Crippen LogP contribution < -0.4 is 11.3 Å². The summed E-state index contributed by atoms with van der Waals surface area (Å²) in [6.45, 7) is 2.49. The van der Waals surface area contributed by atoms with E-state index in [-0.39, 0.29) is 18.1 Å². The van der Waals surface area contributed by atoms with Gasteiger partial charge in [-0.1, -0.05) is 66.7 Å². The number of aromatic nitrogens is 2. The Kier molecular flexibility index (Phi) is 6.79. The molecule has 0 bridgehead atoms. The molecule has 196 valence electrons. The molecule has 38 heavy (non-hydrogen) atoms. The molecule has 2 N–H and O–H groups in total. The first-order chi connectivity index (χ1) is 18.1. The van der Waals surface area contributed by atoms with Crippen molar-refractivity contribution in [3.8, 4) is 0 Å². The highest BCUT2D eigenvalue weighted by Gasteiger charge is 2.35. The number of hydrogen-bond donors (Lipinski definition) is 1. The van der Waals surface area contributed by atoms with Crippen LogP contribution in [0.4, 0.5) is 23.5 Å². The zero-order valence-electron chi connectivity index (χ0n) is 20.6. The zero-order valence-corrected chi connectivity index (χ0v) is 20.6. The van der Waals surface area contributed by atoms with Crippen molar-refractivity contribution >= 4 is 5.95 Å². The Labute approximate surface area is 217 Å². The van der Waals surface area contributed by atoms with Crippen LogP contribution in [0.15, 0.2) is 83.7 Å². The molecule has 5 nitrogen and oxygen atoms in total. The van der Waals surface area contributed by atoms with E-state index < -0.39 is 29.6 Å². The lowest BCUT2D eigenvalue weighted by atomic mass is 9.97. The predicted octanol–water partition coefficient (Wildman–Crippen LogP) is 5.74. The van der Waals surface area contributed by atoms with E-state index in [1.165, 1.54) is 10.6 Å². The molecular formula is C29H26F4N4O. The third-order valence-electron chi connectivity index (χ3n) is 7.14. The Bertz CT molecular complexity index is 1460. The second-order valence-electron chi connectivity index (χ2n) is 9.43. The summed E-state index contributed by atoms with van der Waals surface area (Å²) in [5.74, 6) is -1.21. The fourth-order valence-electron chi connectivity index (χ4n) is 5.10. The van der Waals surface area contributed by atoms with Crippen molar-refractivity contribution < 1.29 is 17.6 Å². The van der Waals surface area contributed by atoms with Crippen molar-refractivity contribution in [3.05, 3.63) is 129 Å². The van der Waals surface area contributed by atoms with Gasteiger partial charge in [-0.25, -0.2) is 9.37 Å². The van der Waals surface area contributed by atoms with E-state index in [1.807, 2.05) is 65.6 Å². The Morgan fingerprint density at radius 3 is 2.08 bits per heavy atom. The van der Waals surface area contributed by atoms with Gasteiger partial charge in [-0.3, -0.25) is 14.3 Å². The number of fused-ring (bicyclic) bond motifs is 1. The van der Waals surface area contributed by atoms with Gasteiger partial charge < -0.3 is 5.73 Å². The Hall–Kier alpha value is -3.98. The standard InChI is InChI=1S/C29H26F4N4O/c1-18(21-12-13-23(24(30)16-21)29(31,32)33)36-15-14-25-22(17-36)27(38)37(28(34)35-25)26(19-8-4-2-5-9-19)20-10-6-3-7-11-20/h2-13,16,18,26H,14-15,17H2,1H3,(H2,34,35). The van der Waals surface area contributed by atoms with Gasteiger partial charge in [-0.15, -0.1) is 0 Å². The summed E-state index contributed by atoms with van der Waals surface area (Å²) in [6.07, 6.45) is -4.33. The summed E-state index contributed by atoms with van der Waals surface area (Å²) in [5, 5.41) is 0. The average molecular weight is 523 g/mol. The van der Waals surface area contributed by atoms with E-state index in [1.54, 1.807) is 6.92 Å². The first-order valence-electron chi connectivity index (χ1n) is 12.3. The molecule has 0 spiro atoms. The summed E-state index contributed by atoms with van der Waals surface area (Å²) < 4.78 is 54.8. The highest BCUT2D eigenvalue weighted by atomic mass is 19.4. The van der Waals surface area contributed by atoms with E-state index in [0.717, 1.165) is 23.3 Å². The zero-order chi connectivity index (χ0) is 27.0. The third-order valence-corrected chi connectivity index (χ3v) is 7.14. The van der Waals surface area contributed by atoms with Gasteiger partial charge >= 0.3 is 6.18 Å². The molecule has 0 amide bonds. The number of halogens is 4. The number of nitrogens with zero attached hydrogens (tertiary/aromatic N) is 3. The fourth-order valence-corrected chi connectivity index (χ4v) is 5.10. The monoisotopic (exact) mass is 522 g/mol. The van der Waals surface area contributed by atoms with Gasteiger partial charge in [0.2, 0.25) is 5.95 Å². The highest BCUT2D eigenvalue weighted by Crippen LogP contribution is 2.34. The van der Waals surface area contributed by atoms with Gasteiger partial charge in [0, 0.05) is 25.6 Å². The Morgan fingerprint density at radius 2 is 1.53 bits per heavy atom. The second kappa shape index (κ2) is 10.1. The van der Waals surface area contributed by atoms with Crippen LogP contribution in [0.5, 0.6) is 0 Å². The van der Waals surface area contributed by atoms with Gasteiger partial charge in [0.1, 0.15) is 5.82 Å². The maximum Gasteiger partial charge on any atom is 0.419 e. The molecular weight excluding hydrogens is 496 g/mol. The molecule has 9 heteroatoms. The van der Waals surface area contributed by atoms with Crippen molar-refractivity contribution in [2.45, 2.75) is 38.1 Å². The molecule has 0 fully saturated rings. The van der Waals surface area contributed by atoms with Crippen LogP contribution >= 0.6 is 0 Å². The molecule has 0 saturated heterocycles. The number of anilines is 1. The first kappa shape index (κ1) is 25.7. The SMILES string of the molecule is CC(c1ccc(C(F)(F)F)c(F)c1)N1CCc2nc(N)n(C(c3ccccc3)c3ccccc3)c(=O)c2C1. The summed E-state index contributed by atoms with van der Waals surface area (Å²) >= 11 is 0. The predicted molar refractivity (Wildman–Crippen MR) is 137 cm³/mol. The lowest BCUT2D eigenvalue weighted by Gasteiger charge is -2.34. The molecule has 1 aromatic heterocycles. The molecule has 1 aliphatic heterocycles. The molecule has 0 saturated carbocycles. The smallest absolute Gasteiger partial charge is 0.369 e. The normalized spacial score (nSPS) is 14.9. The number of nitrogen functional groups attached to an aromatic ring is 1. The molecule has 3 aromatic carbocycles. The quantitative estimate of drug-likeness (QED) is 0.340. The van der Waals surface area contributed by atoms with Crippen LogP contribution in [-0.2, 0) is 19.1 Å². The summed E-state index contributed by atoms with van der Waals surface area (Å²) in [4.78, 5) is 20.5. The first-order valence-corrected chi connectivity index (χ1v) is 12.3. The molecule has 4 aromatic rings. The van der Waals surface area contributed by atoms with Gasteiger partial charge in [0.25, 0.3) is 5.56 Å². The van der Waals surface area contributed by atoms with Gasteiger partial charge in [0.05, 0.1) is 22.9 Å². The number of rotatable bonds is 5. The van der Waals surface area contributed by atoms with Gasteiger partial charge in [0.15, 0.2) is 0 Å². The highest BCUT2D eigenvalue weighted by molar-refractivity contribution is 5.39. The van der Waals surface area contributed by atoms with E-state index in [2.05, 4.69) is 4.98 Å². The molecule has 0 aliphatic carbocycles. The largest absolute Gasteiger partial charge is 0.419 e. The maximum atomic E-state index is 14.3. The van der Waals surface area contributed by atoms with E-state index in [0.29, 0.717) is 29.8 Å². The lowest BCUT2D eigenvalue weighted by molar-refractivity contribution is -0.140. The van der Waals surface area contributed by atoms with Crippen molar-refractivity contribution in [1.82, 2.24) is 14.5 Å². The van der Waals surface area contributed by atoms with Crippen LogP contribution in [0, 0.1) is 5.82 Å². The summed E-state index contributed by atoms with van der Waals surface area (Å²) in [5.41, 5.74) is 8.02. The molecule has 2 heterocycles. The Morgan fingerprint density at radius 1 is 0.921 bits per heavy atom. The number of hydrogen-bond acceptors (Lipinski definition) is 4. The van der Waals surface area contributed by atoms with Crippen LogP contribution in [0.25, 0.3) is 0 Å².